The number of aromatic carboxylic acids is 1. The van der Waals surface area contributed by atoms with Crippen LogP contribution in [-0.4, -0.2) is 11.1 Å². The first-order valence-electron chi connectivity index (χ1n) is 5.13. The number of rotatable bonds is 3. The third-order valence-electron chi connectivity index (χ3n) is 2.32. The van der Waals surface area contributed by atoms with Crippen LogP contribution in [0.1, 0.15) is 10.4 Å². The van der Waals surface area contributed by atoms with Gasteiger partial charge in [0.2, 0.25) is 0 Å². The van der Waals surface area contributed by atoms with E-state index < -0.39 is 5.97 Å². The number of halogens is 1. The quantitative estimate of drug-likeness (QED) is 0.840. The predicted octanol–water partition coefficient (Wildman–Crippen LogP) is 3.77. The van der Waals surface area contributed by atoms with Gasteiger partial charge in [0.1, 0.15) is 0 Å². The number of carbonyl (C=O) groups is 1. The van der Waals surface area contributed by atoms with Gasteiger partial charge in [0.25, 0.3) is 0 Å². The van der Waals surface area contributed by atoms with E-state index in [2.05, 4.69) is 0 Å². The highest BCUT2D eigenvalue weighted by atomic mass is 35.5. The molecule has 3 N–H and O–H groups in total. The van der Waals surface area contributed by atoms with E-state index in [0.717, 1.165) is 9.79 Å². The van der Waals surface area contributed by atoms with Crippen molar-refractivity contribution in [2.24, 2.45) is 0 Å². The SMILES string of the molecule is Nc1cc(Sc2ccccc2Cl)ccc1C(=O)O. The zero-order valence-corrected chi connectivity index (χ0v) is 10.8. The molecule has 0 spiro atoms. The van der Waals surface area contributed by atoms with Gasteiger partial charge in [-0.1, -0.05) is 35.5 Å². The fourth-order valence-corrected chi connectivity index (χ4v) is 2.59. The number of carboxylic acid groups (broad SMARTS) is 1. The molecule has 0 aliphatic rings. The van der Waals surface area contributed by atoms with Gasteiger partial charge >= 0.3 is 5.97 Å². The van der Waals surface area contributed by atoms with E-state index in [1.807, 2.05) is 18.2 Å². The lowest BCUT2D eigenvalue weighted by Crippen LogP contribution is -2.01. The first-order valence-corrected chi connectivity index (χ1v) is 6.32. The first-order chi connectivity index (χ1) is 8.58. The largest absolute Gasteiger partial charge is 0.478 e. The average Bonchev–Trinajstić information content (AvgIpc) is 2.32. The van der Waals surface area contributed by atoms with Crippen LogP contribution in [-0.2, 0) is 0 Å². The van der Waals surface area contributed by atoms with Crippen molar-refractivity contribution in [3.05, 3.63) is 53.1 Å². The second-order valence-electron chi connectivity index (χ2n) is 3.59. The van der Waals surface area contributed by atoms with Crippen molar-refractivity contribution in [1.29, 1.82) is 0 Å². The van der Waals surface area contributed by atoms with E-state index in [0.29, 0.717) is 5.02 Å². The van der Waals surface area contributed by atoms with Crippen molar-refractivity contribution in [2.45, 2.75) is 9.79 Å². The van der Waals surface area contributed by atoms with Crippen LogP contribution in [0.2, 0.25) is 5.02 Å². The molecule has 0 saturated carbocycles. The smallest absolute Gasteiger partial charge is 0.337 e. The number of anilines is 1. The molecular formula is C13H10ClNO2S. The maximum atomic E-state index is 10.8. The fourth-order valence-electron chi connectivity index (χ4n) is 1.45. The molecule has 5 heteroatoms. The number of benzene rings is 2. The van der Waals surface area contributed by atoms with Gasteiger partial charge < -0.3 is 10.8 Å². The topological polar surface area (TPSA) is 63.3 Å². The first kappa shape index (κ1) is 12.8. The molecule has 0 bridgehead atoms. The van der Waals surface area contributed by atoms with Crippen molar-refractivity contribution in [1.82, 2.24) is 0 Å². The lowest BCUT2D eigenvalue weighted by Gasteiger charge is -2.06. The van der Waals surface area contributed by atoms with Gasteiger partial charge in [0.05, 0.1) is 10.6 Å². The molecule has 18 heavy (non-hydrogen) atoms. The molecule has 0 atom stereocenters. The molecule has 0 aliphatic carbocycles. The number of carboxylic acids is 1. The number of nitrogens with two attached hydrogens (primary N) is 1. The van der Waals surface area contributed by atoms with Gasteiger partial charge in [-0.15, -0.1) is 0 Å². The molecule has 92 valence electrons. The summed E-state index contributed by atoms with van der Waals surface area (Å²) in [5, 5.41) is 9.54. The number of hydrogen-bond donors (Lipinski definition) is 2. The highest BCUT2D eigenvalue weighted by Crippen LogP contribution is 2.34. The minimum absolute atomic E-state index is 0.110. The highest BCUT2D eigenvalue weighted by Gasteiger charge is 2.09. The van der Waals surface area contributed by atoms with Crippen molar-refractivity contribution in [3.8, 4) is 0 Å². The normalized spacial score (nSPS) is 10.3. The Morgan fingerprint density at radius 1 is 1.22 bits per heavy atom. The van der Waals surface area contributed by atoms with E-state index in [4.69, 9.17) is 22.4 Å². The summed E-state index contributed by atoms with van der Waals surface area (Å²) in [6.45, 7) is 0. The van der Waals surface area contributed by atoms with E-state index >= 15 is 0 Å². The summed E-state index contributed by atoms with van der Waals surface area (Å²) in [6, 6.07) is 12.3. The van der Waals surface area contributed by atoms with Crippen molar-refractivity contribution < 1.29 is 9.90 Å². The van der Waals surface area contributed by atoms with Gasteiger partial charge in [0, 0.05) is 15.5 Å². The summed E-state index contributed by atoms with van der Waals surface area (Å²) in [7, 11) is 0. The molecule has 0 fully saturated rings. The summed E-state index contributed by atoms with van der Waals surface area (Å²) in [5.74, 6) is -1.03. The summed E-state index contributed by atoms with van der Waals surface area (Å²) >= 11 is 7.49. The van der Waals surface area contributed by atoms with Crippen molar-refractivity contribution in [2.75, 3.05) is 5.73 Å². The lowest BCUT2D eigenvalue weighted by molar-refractivity contribution is 0.0698. The van der Waals surface area contributed by atoms with Crippen LogP contribution in [0, 0.1) is 0 Å². The minimum Gasteiger partial charge on any atom is -0.478 e. The van der Waals surface area contributed by atoms with Gasteiger partial charge in [-0.2, -0.15) is 0 Å². The molecule has 0 heterocycles. The van der Waals surface area contributed by atoms with E-state index in [9.17, 15) is 4.79 Å². The van der Waals surface area contributed by atoms with Crippen molar-refractivity contribution >= 4 is 35.0 Å². The average molecular weight is 280 g/mol. The van der Waals surface area contributed by atoms with Crippen molar-refractivity contribution in [3.63, 3.8) is 0 Å². The Bertz CT molecular complexity index is 601. The molecule has 0 saturated heterocycles. The molecule has 0 aromatic heterocycles. The van der Waals surface area contributed by atoms with Gasteiger partial charge in [-0.25, -0.2) is 4.79 Å². The van der Waals surface area contributed by atoms with Crippen LogP contribution >= 0.6 is 23.4 Å². The van der Waals surface area contributed by atoms with Crippen LogP contribution in [0.25, 0.3) is 0 Å². The molecule has 0 aliphatic heterocycles. The second-order valence-corrected chi connectivity index (χ2v) is 5.11. The third-order valence-corrected chi connectivity index (χ3v) is 3.83. The summed E-state index contributed by atoms with van der Waals surface area (Å²) in [5.41, 5.74) is 6.05. The Hall–Kier alpha value is -1.65. The number of nitrogen functional groups attached to an aromatic ring is 1. The molecule has 2 aromatic carbocycles. The van der Waals surface area contributed by atoms with Gasteiger partial charge in [0.15, 0.2) is 0 Å². The van der Waals surface area contributed by atoms with Gasteiger partial charge in [-0.05, 0) is 30.3 Å². The zero-order valence-electron chi connectivity index (χ0n) is 9.26. The maximum absolute atomic E-state index is 10.8. The molecule has 2 aromatic rings. The highest BCUT2D eigenvalue weighted by molar-refractivity contribution is 7.99. The standard InChI is InChI=1S/C13H10ClNO2S/c14-10-3-1-2-4-12(10)18-8-5-6-9(13(16)17)11(15)7-8/h1-7H,15H2,(H,16,17). The van der Waals surface area contributed by atoms with Crippen LogP contribution in [0.15, 0.2) is 52.3 Å². The summed E-state index contributed by atoms with van der Waals surface area (Å²) < 4.78 is 0. The summed E-state index contributed by atoms with van der Waals surface area (Å²) in [6.07, 6.45) is 0. The molecule has 3 nitrogen and oxygen atoms in total. The Morgan fingerprint density at radius 2 is 1.94 bits per heavy atom. The Morgan fingerprint density at radius 3 is 2.56 bits per heavy atom. The maximum Gasteiger partial charge on any atom is 0.337 e. The monoisotopic (exact) mass is 279 g/mol. The number of hydrogen-bond acceptors (Lipinski definition) is 3. The minimum atomic E-state index is -1.03. The molecule has 2 rings (SSSR count). The zero-order chi connectivity index (χ0) is 13.1. The van der Waals surface area contributed by atoms with Gasteiger partial charge in [-0.3, -0.25) is 0 Å². The van der Waals surface area contributed by atoms with Crippen LogP contribution < -0.4 is 5.73 Å². The molecule has 0 amide bonds. The van der Waals surface area contributed by atoms with E-state index in [1.54, 1.807) is 18.2 Å². The van der Waals surface area contributed by atoms with E-state index in [1.165, 1.54) is 17.8 Å². The molecule has 0 radical (unpaired) electrons. The third kappa shape index (κ3) is 2.78. The molecular weight excluding hydrogens is 270 g/mol. The Kier molecular flexibility index (Phi) is 3.79. The lowest BCUT2D eigenvalue weighted by atomic mass is 10.2. The van der Waals surface area contributed by atoms with E-state index in [-0.39, 0.29) is 11.3 Å². The predicted molar refractivity (Wildman–Crippen MR) is 73.4 cm³/mol. The Labute approximate surface area is 114 Å². The molecule has 0 unspecified atom stereocenters. The van der Waals surface area contributed by atoms with Crippen LogP contribution in [0.3, 0.4) is 0 Å². The summed E-state index contributed by atoms with van der Waals surface area (Å²) in [4.78, 5) is 12.6. The fraction of sp³-hybridized carbons (Fsp3) is 0. The Balaban J connectivity index is 2.29. The van der Waals surface area contributed by atoms with Crippen LogP contribution in [0.5, 0.6) is 0 Å². The second kappa shape index (κ2) is 5.33. The van der Waals surface area contributed by atoms with Crippen LogP contribution in [0.4, 0.5) is 5.69 Å².